The molecule has 3 heterocycles. The number of rotatable bonds is 3. The highest BCUT2D eigenvalue weighted by molar-refractivity contribution is 5.79. The van der Waals surface area contributed by atoms with Crippen LogP contribution in [0.4, 0.5) is 5.82 Å². The second-order valence-corrected chi connectivity index (χ2v) is 6.81. The predicted molar refractivity (Wildman–Crippen MR) is 106 cm³/mol. The van der Waals surface area contributed by atoms with Crippen LogP contribution in [0.15, 0.2) is 58.3 Å². The molecule has 0 unspecified atom stereocenters. The van der Waals surface area contributed by atoms with Crippen LogP contribution in [-0.2, 0) is 18.4 Å². The fourth-order valence-corrected chi connectivity index (χ4v) is 3.56. The van der Waals surface area contributed by atoms with Gasteiger partial charge in [0.2, 0.25) is 5.91 Å². The van der Waals surface area contributed by atoms with E-state index in [1.54, 1.807) is 42.4 Å². The number of aromatic nitrogens is 3. The third-order valence-corrected chi connectivity index (χ3v) is 5.16. The summed E-state index contributed by atoms with van der Waals surface area (Å²) >= 11 is 0. The molecule has 1 amide bonds. The van der Waals surface area contributed by atoms with Gasteiger partial charge in [0, 0.05) is 39.4 Å². The molecule has 0 bridgehead atoms. The molecule has 144 valence electrons. The van der Waals surface area contributed by atoms with Crippen molar-refractivity contribution in [1.29, 1.82) is 0 Å². The predicted octanol–water partition coefficient (Wildman–Crippen LogP) is 0.444. The smallest absolute Gasteiger partial charge is 0.331 e. The molecule has 0 N–H and O–H groups in total. The molecule has 8 heteroatoms. The van der Waals surface area contributed by atoms with Crippen molar-refractivity contribution >= 4 is 22.6 Å². The number of pyridine rings is 1. The zero-order valence-corrected chi connectivity index (χ0v) is 15.6. The SMILES string of the molecule is Cn1c(=O)n(CC(=O)N2CCN(c3ccccn3)CC2)c(=O)c2ccccc21. The molecule has 28 heavy (non-hydrogen) atoms. The van der Waals surface area contributed by atoms with Crippen LogP contribution in [0.1, 0.15) is 0 Å². The largest absolute Gasteiger partial charge is 0.353 e. The molecule has 1 aliphatic rings. The summed E-state index contributed by atoms with van der Waals surface area (Å²) in [5.41, 5.74) is -0.353. The summed E-state index contributed by atoms with van der Waals surface area (Å²) in [5.74, 6) is 0.657. The second kappa shape index (κ2) is 7.30. The number of anilines is 1. The Morgan fingerprint density at radius 3 is 2.43 bits per heavy atom. The first-order valence-corrected chi connectivity index (χ1v) is 9.18. The van der Waals surface area contributed by atoms with E-state index in [0.29, 0.717) is 37.1 Å². The van der Waals surface area contributed by atoms with Gasteiger partial charge in [-0.2, -0.15) is 0 Å². The molecule has 8 nitrogen and oxygen atoms in total. The van der Waals surface area contributed by atoms with Gasteiger partial charge < -0.3 is 9.80 Å². The third-order valence-electron chi connectivity index (χ3n) is 5.16. The first-order valence-electron chi connectivity index (χ1n) is 9.18. The highest BCUT2D eigenvalue weighted by atomic mass is 16.2. The first-order chi connectivity index (χ1) is 13.6. The number of aryl methyl sites for hydroxylation is 1. The Hall–Kier alpha value is -3.42. The minimum atomic E-state index is -0.482. The first kappa shape index (κ1) is 18.0. The maximum absolute atomic E-state index is 12.7. The minimum absolute atomic E-state index is 0.227. The van der Waals surface area contributed by atoms with Crippen LogP contribution in [0.3, 0.4) is 0 Å². The van der Waals surface area contributed by atoms with E-state index in [1.165, 1.54) is 4.57 Å². The van der Waals surface area contributed by atoms with Crippen LogP contribution in [-0.4, -0.2) is 51.1 Å². The zero-order chi connectivity index (χ0) is 19.7. The lowest BCUT2D eigenvalue weighted by Gasteiger charge is -2.35. The van der Waals surface area contributed by atoms with Crippen LogP contribution in [0, 0.1) is 0 Å². The molecule has 1 aromatic carbocycles. The van der Waals surface area contributed by atoms with E-state index in [4.69, 9.17) is 0 Å². The molecule has 1 fully saturated rings. The Kier molecular flexibility index (Phi) is 4.68. The highest BCUT2D eigenvalue weighted by Gasteiger charge is 2.23. The van der Waals surface area contributed by atoms with E-state index in [0.717, 1.165) is 10.4 Å². The van der Waals surface area contributed by atoms with Crippen molar-refractivity contribution in [1.82, 2.24) is 19.0 Å². The van der Waals surface area contributed by atoms with E-state index < -0.39 is 11.2 Å². The van der Waals surface area contributed by atoms with Crippen molar-refractivity contribution in [3.05, 3.63) is 69.5 Å². The van der Waals surface area contributed by atoms with Crippen molar-refractivity contribution in [3.8, 4) is 0 Å². The molecule has 0 radical (unpaired) electrons. The van der Waals surface area contributed by atoms with Crippen LogP contribution in [0.2, 0.25) is 0 Å². The van der Waals surface area contributed by atoms with Crippen LogP contribution in [0.5, 0.6) is 0 Å². The van der Waals surface area contributed by atoms with Crippen molar-refractivity contribution in [2.24, 2.45) is 7.05 Å². The molecule has 0 spiro atoms. The van der Waals surface area contributed by atoms with Gasteiger partial charge in [-0.1, -0.05) is 18.2 Å². The van der Waals surface area contributed by atoms with Crippen molar-refractivity contribution in [2.75, 3.05) is 31.1 Å². The number of hydrogen-bond acceptors (Lipinski definition) is 5. The minimum Gasteiger partial charge on any atom is -0.353 e. The summed E-state index contributed by atoms with van der Waals surface area (Å²) in [7, 11) is 1.61. The number of amides is 1. The molecule has 0 atom stereocenters. The standard InChI is InChI=1S/C20H21N5O3/c1-22-16-7-3-2-6-15(16)19(27)25(20(22)28)14-18(26)24-12-10-23(11-13-24)17-8-4-5-9-21-17/h2-9H,10-14H2,1H3. The van der Waals surface area contributed by atoms with E-state index in [-0.39, 0.29) is 12.5 Å². The number of piperazine rings is 1. The summed E-state index contributed by atoms with van der Waals surface area (Å²) in [5, 5.41) is 0.428. The molecule has 0 saturated carbocycles. The lowest BCUT2D eigenvalue weighted by atomic mass is 10.2. The highest BCUT2D eigenvalue weighted by Crippen LogP contribution is 2.13. The molecule has 1 aliphatic heterocycles. The third kappa shape index (κ3) is 3.17. The Balaban J connectivity index is 1.52. The van der Waals surface area contributed by atoms with Gasteiger partial charge in [0.25, 0.3) is 5.56 Å². The maximum Gasteiger partial charge on any atom is 0.331 e. The van der Waals surface area contributed by atoms with Gasteiger partial charge >= 0.3 is 5.69 Å². The number of fused-ring (bicyclic) bond motifs is 1. The summed E-state index contributed by atoms with van der Waals surface area (Å²) in [6, 6.07) is 12.7. The molecule has 1 saturated heterocycles. The molecule has 0 aliphatic carbocycles. The summed E-state index contributed by atoms with van der Waals surface area (Å²) in [6.07, 6.45) is 1.74. The molecular formula is C20H21N5O3. The fraction of sp³-hybridized carbons (Fsp3) is 0.300. The summed E-state index contributed by atoms with van der Waals surface area (Å²) < 4.78 is 2.43. The van der Waals surface area contributed by atoms with E-state index in [1.807, 2.05) is 18.2 Å². The number of para-hydroxylation sites is 1. The number of nitrogens with zero attached hydrogens (tertiary/aromatic N) is 5. The van der Waals surface area contributed by atoms with Gasteiger partial charge in [-0.25, -0.2) is 9.78 Å². The number of carbonyl (C=O) groups is 1. The van der Waals surface area contributed by atoms with Gasteiger partial charge in [-0.3, -0.25) is 18.7 Å². The van der Waals surface area contributed by atoms with Crippen LogP contribution in [0.25, 0.3) is 10.9 Å². The normalized spacial score (nSPS) is 14.5. The van der Waals surface area contributed by atoms with Crippen molar-refractivity contribution < 1.29 is 4.79 Å². The summed E-state index contributed by atoms with van der Waals surface area (Å²) in [6.45, 7) is 2.12. The van der Waals surface area contributed by atoms with Crippen LogP contribution >= 0.6 is 0 Å². The lowest BCUT2D eigenvalue weighted by molar-refractivity contribution is -0.132. The van der Waals surface area contributed by atoms with Gasteiger partial charge in [0.1, 0.15) is 12.4 Å². The number of benzene rings is 1. The van der Waals surface area contributed by atoms with Crippen molar-refractivity contribution in [2.45, 2.75) is 6.54 Å². The lowest BCUT2D eigenvalue weighted by Crippen LogP contribution is -2.51. The molecule has 3 aromatic rings. The van der Waals surface area contributed by atoms with Crippen molar-refractivity contribution in [3.63, 3.8) is 0 Å². The number of carbonyl (C=O) groups excluding carboxylic acids is 1. The Morgan fingerprint density at radius 2 is 1.71 bits per heavy atom. The Labute approximate surface area is 161 Å². The maximum atomic E-state index is 12.7. The topological polar surface area (TPSA) is 80.4 Å². The quantitative estimate of drug-likeness (QED) is 0.660. The average molecular weight is 379 g/mol. The van der Waals surface area contributed by atoms with E-state index >= 15 is 0 Å². The van der Waals surface area contributed by atoms with Gasteiger partial charge in [0.15, 0.2) is 0 Å². The second-order valence-electron chi connectivity index (χ2n) is 6.81. The molecule has 2 aromatic heterocycles. The Bertz CT molecular complexity index is 1130. The average Bonchev–Trinajstić information content (AvgIpc) is 2.76. The number of hydrogen-bond donors (Lipinski definition) is 0. The van der Waals surface area contributed by atoms with Crippen LogP contribution < -0.4 is 16.1 Å². The molecule has 4 rings (SSSR count). The van der Waals surface area contributed by atoms with Gasteiger partial charge in [-0.05, 0) is 24.3 Å². The fourth-order valence-electron chi connectivity index (χ4n) is 3.56. The zero-order valence-electron chi connectivity index (χ0n) is 15.6. The van der Waals surface area contributed by atoms with Gasteiger partial charge in [-0.15, -0.1) is 0 Å². The molecular weight excluding hydrogens is 358 g/mol. The van der Waals surface area contributed by atoms with E-state index in [2.05, 4.69) is 9.88 Å². The monoisotopic (exact) mass is 379 g/mol. The summed E-state index contributed by atoms with van der Waals surface area (Å²) in [4.78, 5) is 46.2. The van der Waals surface area contributed by atoms with E-state index in [9.17, 15) is 14.4 Å². The Morgan fingerprint density at radius 1 is 1.00 bits per heavy atom. The van der Waals surface area contributed by atoms with Gasteiger partial charge in [0.05, 0.1) is 10.9 Å².